The summed E-state index contributed by atoms with van der Waals surface area (Å²) in [5.74, 6) is 0. The molecule has 4 unspecified atom stereocenters. The highest BCUT2D eigenvalue weighted by Gasteiger charge is 2.75. The van der Waals surface area contributed by atoms with E-state index < -0.39 is 0 Å². The average molecular weight is 585 g/mol. The first-order valence-electron chi connectivity index (χ1n) is 16.2. The lowest BCUT2D eigenvalue weighted by Crippen LogP contribution is -2.46. The van der Waals surface area contributed by atoms with Crippen molar-refractivity contribution in [3.05, 3.63) is 107 Å². The van der Waals surface area contributed by atoms with Crippen molar-refractivity contribution in [2.45, 2.75) is 130 Å². The fraction of sp³-hybridized carbons (Fsp3) is 0.550. The third kappa shape index (κ3) is 6.80. The van der Waals surface area contributed by atoms with Gasteiger partial charge >= 0.3 is 0 Å². The Morgan fingerprint density at radius 3 is 1.49 bits per heavy atom. The summed E-state index contributed by atoms with van der Waals surface area (Å²) in [7, 11) is 0. The molecule has 2 aliphatic carbocycles. The standard InChI is InChI=1S/C40H56O3/c1-30(18-13-20-32(3)22-26-39-35(5,6)24-15-25-37(39,9)42-39)16-11-12-17-31(2)19-14-21-33(4)23-27-40-36(7,8)28-34(41)29-38(40,10)43-40/h11-14,16-23,26-27,34,41H,15,24-25,28-29H2,1-10H3/b12-11+,18-13+,19-14+,26-22+,27-23+,30-16+,31-17+,32-20+,33-21+/t34-,37?,38?,39?,40?/m0/s1. The lowest BCUT2D eigenvalue weighted by Gasteiger charge is -2.39. The number of rotatable bonds is 10. The lowest BCUT2D eigenvalue weighted by molar-refractivity contribution is 0.0515. The molecule has 2 saturated heterocycles. The molecule has 234 valence electrons. The van der Waals surface area contributed by atoms with E-state index in [4.69, 9.17) is 9.47 Å². The Hall–Kier alpha value is -2.46. The van der Waals surface area contributed by atoms with Crippen molar-refractivity contribution in [1.29, 1.82) is 0 Å². The van der Waals surface area contributed by atoms with Gasteiger partial charge in [-0.05, 0) is 79.4 Å². The van der Waals surface area contributed by atoms with E-state index in [1.807, 2.05) is 0 Å². The minimum Gasteiger partial charge on any atom is -0.393 e. The molecule has 3 heteroatoms. The molecule has 2 saturated carbocycles. The Morgan fingerprint density at radius 2 is 1.00 bits per heavy atom. The second-order valence-corrected chi connectivity index (χ2v) is 15.2. The van der Waals surface area contributed by atoms with E-state index in [1.165, 1.54) is 35.1 Å². The van der Waals surface area contributed by atoms with Crippen LogP contribution in [0.15, 0.2) is 107 Å². The molecule has 1 N–H and O–H groups in total. The summed E-state index contributed by atoms with van der Waals surface area (Å²) in [6.45, 7) is 22.0. The second kappa shape index (κ2) is 12.1. The smallest absolute Gasteiger partial charge is 0.121 e. The van der Waals surface area contributed by atoms with E-state index >= 15 is 0 Å². The maximum Gasteiger partial charge on any atom is 0.121 e. The quantitative estimate of drug-likeness (QED) is 0.205. The highest BCUT2D eigenvalue weighted by atomic mass is 16.6. The monoisotopic (exact) mass is 584 g/mol. The van der Waals surface area contributed by atoms with E-state index in [1.54, 1.807) is 0 Å². The molecular weight excluding hydrogens is 528 g/mol. The highest BCUT2D eigenvalue weighted by molar-refractivity contribution is 5.38. The van der Waals surface area contributed by atoms with Crippen molar-refractivity contribution in [2.75, 3.05) is 0 Å². The Kier molecular flexibility index (Phi) is 9.44. The molecule has 5 atom stereocenters. The van der Waals surface area contributed by atoms with Crippen molar-refractivity contribution >= 4 is 0 Å². The number of epoxide rings is 2. The largest absolute Gasteiger partial charge is 0.393 e. The van der Waals surface area contributed by atoms with Gasteiger partial charge in [-0.1, -0.05) is 123 Å². The number of hydrogen-bond acceptors (Lipinski definition) is 3. The van der Waals surface area contributed by atoms with Crippen LogP contribution in [0.25, 0.3) is 0 Å². The maximum atomic E-state index is 10.3. The zero-order valence-corrected chi connectivity index (χ0v) is 28.5. The summed E-state index contributed by atoms with van der Waals surface area (Å²) in [4.78, 5) is 0. The van der Waals surface area contributed by atoms with Gasteiger partial charge in [0.2, 0.25) is 0 Å². The number of allylic oxidation sites excluding steroid dienone is 16. The lowest BCUT2D eigenvalue weighted by atomic mass is 9.63. The van der Waals surface area contributed by atoms with Crippen LogP contribution in [-0.4, -0.2) is 33.6 Å². The van der Waals surface area contributed by atoms with Gasteiger partial charge in [0.25, 0.3) is 0 Å². The van der Waals surface area contributed by atoms with Gasteiger partial charge in [-0.25, -0.2) is 0 Å². The van der Waals surface area contributed by atoms with E-state index in [9.17, 15) is 5.11 Å². The molecule has 0 aromatic heterocycles. The summed E-state index contributed by atoms with van der Waals surface area (Å²) >= 11 is 0. The first-order chi connectivity index (χ1) is 20.0. The summed E-state index contributed by atoms with van der Waals surface area (Å²) in [5, 5.41) is 10.3. The van der Waals surface area contributed by atoms with Crippen LogP contribution in [0.3, 0.4) is 0 Å². The van der Waals surface area contributed by atoms with Gasteiger partial charge in [-0.2, -0.15) is 0 Å². The number of ether oxygens (including phenoxy) is 2. The van der Waals surface area contributed by atoms with Gasteiger partial charge in [0.05, 0.1) is 11.7 Å². The van der Waals surface area contributed by atoms with Crippen molar-refractivity contribution in [1.82, 2.24) is 0 Å². The molecular formula is C40H56O3. The van der Waals surface area contributed by atoms with Gasteiger partial charge in [0.15, 0.2) is 0 Å². The highest BCUT2D eigenvalue weighted by Crippen LogP contribution is 2.67. The average Bonchev–Trinajstić information content (AvgIpc) is 3.74. The van der Waals surface area contributed by atoms with Crippen LogP contribution < -0.4 is 0 Å². The summed E-state index contributed by atoms with van der Waals surface area (Å²) in [5.41, 5.74) is 4.24. The second-order valence-electron chi connectivity index (χ2n) is 15.2. The molecule has 0 spiro atoms. The van der Waals surface area contributed by atoms with Crippen molar-refractivity contribution in [2.24, 2.45) is 10.8 Å². The summed E-state index contributed by atoms with van der Waals surface area (Å²) in [6.07, 6.45) is 34.9. The number of aliphatic hydroxyl groups excluding tert-OH is 1. The van der Waals surface area contributed by atoms with Gasteiger partial charge in [-0.15, -0.1) is 0 Å². The number of aliphatic hydroxyl groups is 1. The third-order valence-electron chi connectivity index (χ3n) is 10.5. The number of fused-ring (bicyclic) bond motifs is 2. The van der Waals surface area contributed by atoms with Crippen LogP contribution >= 0.6 is 0 Å². The normalized spacial score (nSPS) is 38.1. The van der Waals surface area contributed by atoms with E-state index in [0.717, 1.165) is 12.8 Å². The fourth-order valence-electron chi connectivity index (χ4n) is 7.82. The Labute approximate surface area is 262 Å². The van der Waals surface area contributed by atoms with Gasteiger partial charge < -0.3 is 14.6 Å². The SMILES string of the molecule is CC(/C=C/C=C(C)/C=C/C12OC1(C)CCCC2(C)C)=C\C=C\C=C(C)\C=C\C=C(C)\C=C\C12OC1(C)C[C@@H](O)CC2(C)C. The molecule has 0 radical (unpaired) electrons. The fourth-order valence-corrected chi connectivity index (χ4v) is 7.82. The van der Waals surface area contributed by atoms with E-state index in [2.05, 4.69) is 154 Å². The molecule has 0 amide bonds. The first kappa shape index (κ1) is 33.4. The van der Waals surface area contributed by atoms with Crippen LogP contribution in [0.2, 0.25) is 0 Å². The predicted octanol–water partition coefficient (Wildman–Crippen LogP) is 10.00. The molecule has 4 fully saturated rings. The maximum absolute atomic E-state index is 10.3. The molecule has 2 aliphatic heterocycles. The Bertz CT molecular complexity index is 1340. The molecule has 4 rings (SSSR count). The minimum absolute atomic E-state index is 0.00957. The van der Waals surface area contributed by atoms with Crippen molar-refractivity contribution in [3.63, 3.8) is 0 Å². The molecule has 2 heterocycles. The molecule has 0 aromatic rings. The zero-order valence-electron chi connectivity index (χ0n) is 28.5. The summed E-state index contributed by atoms with van der Waals surface area (Å²) < 4.78 is 12.6. The van der Waals surface area contributed by atoms with Gasteiger partial charge in [0.1, 0.15) is 16.8 Å². The van der Waals surface area contributed by atoms with Crippen LogP contribution in [0.4, 0.5) is 0 Å². The van der Waals surface area contributed by atoms with Crippen LogP contribution in [0, 0.1) is 10.8 Å². The van der Waals surface area contributed by atoms with Crippen molar-refractivity contribution < 1.29 is 14.6 Å². The van der Waals surface area contributed by atoms with Gasteiger partial charge in [-0.3, -0.25) is 0 Å². The molecule has 0 aromatic carbocycles. The van der Waals surface area contributed by atoms with E-state index in [0.29, 0.717) is 6.42 Å². The predicted molar refractivity (Wildman–Crippen MR) is 182 cm³/mol. The topological polar surface area (TPSA) is 45.3 Å². The molecule has 43 heavy (non-hydrogen) atoms. The molecule has 4 aliphatic rings. The minimum atomic E-state index is -0.286. The van der Waals surface area contributed by atoms with Gasteiger partial charge in [0, 0.05) is 17.3 Å². The third-order valence-corrected chi connectivity index (χ3v) is 10.5. The van der Waals surface area contributed by atoms with Crippen molar-refractivity contribution in [3.8, 4) is 0 Å². The molecule has 0 bridgehead atoms. The number of hydrogen-bond donors (Lipinski definition) is 1. The Morgan fingerprint density at radius 1 is 0.558 bits per heavy atom. The summed E-state index contributed by atoms with van der Waals surface area (Å²) in [6, 6.07) is 0. The van der Waals surface area contributed by atoms with E-state index in [-0.39, 0.29) is 39.3 Å². The first-order valence-corrected chi connectivity index (χ1v) is 16.2. The van der Waals surface area contributed by atoms with Crippen LogP contribution in [0.1, 0.15) is 101 Å². The van der Waals surface area contributed by atoms with Crippen LogP contribution in [-0.2, 0) is 9.47 Å². The Balaban J connectivity index is 1.25. The van der Waals surface area contributed by atoms with Crippen LogP contribution in [0.5, 0.6) is 0 Å². The zero-order chi connectivity index (χ0) is 31.7. The molecule has 3 nitrogen and oxygen atoms in total.